The highest BCUT2D eigenvalue weighted by atomic mass is 35.5. The lowest BCUT2D eigenvalue weighted by molar-refractivity contribution is -0.385. The third-order valence-electron chi connectivity index (χ3n) is 1.86. The summed E-state index contributed by atoms with van der Waals surface area (Å²) in [6.07, 6.45) is 0. The smallest absolute Gasteiger partial charge is 0.283 e. The molecule has 0 unspecified atom stereocenters. The number of nitro benzene ring substituents is 1. The van der Waals surface area contributed by atoms with Crippen molar-refractivity contribution in [3.63, 3.8) is 0 Å². The van der Waals surface area contributed by atoms with E-state index in [2.05, 4.69) is 0 Å². The minimum Gasteiger partial charge on any atom is -0.398 e. The molecule has 0 spiro atoms. The third-order valence-corrected chi connectivity index (χ3v) is 2.10. The van der Waals surface area contributed by atoms with Gasteiger partial charge >= 0.3 is 0 Å². The van der Waals surface area contributed by atoms with Crippen molar-refractivity contribution in [2.45, 2.75) is 0 Å². The van der Waals surface area contributed by atoms with E-state index >= 15 is 0 Å². The summed E-state index contributed by atoms with van der Waals surface area (Å²) in [5.41, 5.74) is 4.50. The first-order chi connectivity index (χ1) is 7.51. The molecule has 2 N–H and O–H groups in total. The molecule has 0 fully saturated rings. The van der Waals surface area contributed by atoms with E-state index in [0.29, 0.717) is 0 Å². The van der Waals surface area contributed by atoms with Gasteiger partial charge in [0.1, 0.15) is 11.6 Å². The second-order valence-corrected chi connectivity index (χ2v) is 3.16. The highest BCUT2D eigenvalue weighted by Gasteiger charge is 2.24. The molecule has 1 aromatic rings. The number of rotatable bonds is 3. The summed E-state index contributed by atoms with van der Waals surface area (Å²) in [6.45, 7) is 0. The van der Waals surface area contributed by atoms with Gasteiger partial charge in [-0.2, -0.15) is 5.26 Å². The van der Waals surface area contributed by atoms with Gasteiger partial charge < -0.3 is 5.73 Å². The van der Waals surface area contributed by atoms with Crippen molar-refractivity contribution >= 4 is 28.8 Å². The number of anilines is 1. The lowest BCUT2D eigenvalue weighted by Crippen LogP contribution is -2.08. The van der Waals surface area contributed by atoms with Gasteiger partial charge in [0, 0.05) is 11.8 Å². The molecule has 0 aromatic heterocycles. The van der Waals surface area contributed by atoms with E-state index in [1.807, 2.05) is 0 Å². The lowest BCUT2D eigenvalue weighted by atomic mass is 10.0. The maximum Gasteiger partial charge on any atom is 0.283 e. The SMILES string of the molecule is N#Cc1cc(N)cc([N+](=O)[O-])c1C(=O)CCl. The number of nitriles is 1. The van der Waals surface area contributed by atoms with Gasteiger partial charge in [-0.3, -0.25) is 14.9 Å². The zero-order valence-corrected chi connectivity index (χ0v) is 8.69. The Morgan fingerprint density at radius 1 is 1.62 bits per heavy atom. The van der Waals surface area contributed by atoms with Crippen LogP contribution in [0.5, 0.6) is 0 Å². The minimum atomic E-state index is -0.767. The number of ketones is 1. The van der Waals surface area contributed by atoms with Gasteiger partial charge in [-0.25, -0.2) is 0 Å². The second-order valence-electron chi connectivity index (χ2n) is 2.89. The molecule has 0 heterocycles. The molecular weight excluding hydrogens is 234 g/mol. The maximum atomic E-state index is 11.4. The van der Waals surface area contributed by atoms with E-state index in [-0.39, 0.29) is 16.8 Å². The zero-order chi connectivity index (χ0) is 12.3. The Hall–Kier alpha value is -2.13. The van der Waals surface area contributed by atoms with Crippen molar-refractivity contribution in [2.75, 3.05) is 11.6 Å². The number of Topliss-reactive ketones (excluding diaryl/α,β-unsaturated/α-hetero) is 1. The Balaban J connectivity index is 3.59. The van der Waals surface area contributed by atoms with Crippen LogP contribution in [-0.2, 0) is 0 Å². The molecule has 1 aromatic carbocycles. The average molecular weight is 240 g/mol. The summed E-state index contributed by atoms with van der Waals surface area (Å²) >= 11 is 5.32. The first-order valence-corrected chi connectivity index (χ1v) is 4.62. The van der Waals surface area contributed by atoms with Crippen LogP contribution in [0.2, 0.25) is 0 Å². The van der Waals surface area contributed by atoms with Crippen LogP contribution in [0.1, 0.15) is 15.9 Å². The van der Waals surface area contributed by atoms with Gasteiger partial charge in [-0.1, -0.05) is 0 Å². The number of nitro groups is 1. The number of hydrogen-bond acceptors (Lipinski definition) is 5. The third kappa shape index (κ3) is 2.10. The standard InChI is InChI=1S/C9H6ClN3O3/c10-3-8(14)9-5(4-11)1-6(12)2-7(9)13(15)16/h1-2H,3,12H2. The number of nitrogens with zero attached hydrogens (tertiary/aromatic N) is 2. The van der Waals surface area contributed by atoms with Gasteiger partial charge in [0.25, 0.3) is 5.69 Å². The Kier molecular flexibility index (Phi) is 3.43. The summed E-state index contributed by atoms with van der Waals surface area (Å²) in [5.74, 6) is -1.11. The number of benzene rings is 1. The molecule has 0 aliphatic rings. The fourth-order valence-electron chi connectivity index (χ4n) is 1.24. The fraction of sp³-hybridized carbons (Fsp3) is 0.111. The molecule has 0 aliphatic carbocycles. The molecule has 0 amide bonds. The van der Waals surface area contributed by atoms with Crippen LogP contribution in [0.3, 0.4) is 0 Å². The molecule has 0 saturated carbocycles. The van der Waals surface area contributed by atoms with E-state index in [1.54, 1.807) is 6.07 Å². The first kappa shape index (κ1) is 11.9. The largest absolute Gasteiger partial charge is 0.398 e. The maximum absolute atomic E-state index is 11.4. The van der Waals surface area contributed by atoms with Crippen LogP contribution in [-0.4, -0.2) is 16.6 Å². The molecule has 16 heavy (non-hydrogen) atoms. The average Bonchev–Trinajstić information content (AvgIpc) is 2.26. The van der Waals surface area contributed by atoms with Gasteiger partial charge in [0.05, 0.1) is 16.4 Å². The van der Waals surface area contributed by atoms with Crippen molar-refractivity contribution in [2.24, 2.45) is 0 Å². The predicted octanol–water partition coefficient (Wildman–Crippen LogP) is 1.47. The van der Waals surface area contributed by atoms with Gasteiger partial charge in [0.2, 0.25) is 0 Å². The number of halogens is 1. The number of nitrogen functional groups attached to an aromatic ring is 1. The van der Waals surface area contributed by atoms with Gasteiger partial charge in [-0.05, 0) is 6.07 Å². The van der Waals surface area contributed by atoms with Crippen molar-refractivity contribution in [3.05, 3.63) is 33.4 Å². The van der Waals surface area contributed by atoms with E-state index in [9.17, 15) is 14.9 Å². The zero-order valence-electron chi connectivity index (χ0n) is 7.94. The Morgan fingerprint density at radius 3 is 2.69 bits per heavy atom. The molecule has 1 rings (SSSR count). The summed E-state index contributed by atoms with van der Waals surface area (Å²) in [4.78, 5) is 21.3. The molecule has 0 bridgehead atoms. The first-order valence-electron chi connectivity index (χ1n) is 4.08. The summed E-state index contributed by atoms with van der Waals surface area (Å²) < 4.78 is 0. The van der Waals surface area contributed by atoms with Crippen LogP contribution in [0.15, 0.2) is 12.1 Å². The molecule has 7 heteroatoms. The summed E-state index contributed by atoms with van der Waals surface area (Å²) in [6, 6.07) is 3.91. The Morgan fingerprint density at radius 2 is 2.25 bits per heavy atom. The van der Waals surface area contributed by atoms with E-state index < -0.39 is 22.3 Å². The molecule has 0 saturated heterocycles. The van der Waals surface area contributed by atoms with Crippen molar-refractivity contribution in [3.8, 4) is 6.07 Å². The van der Waals surface area contributed by atoms with E-state index in [1.165, 1.54) is 6.07 Å². The summed E-state index contributed by atoms with van der Waals surface area (Å²) in [5, 5.41) is 19.5. The molecular formula is C9H6ClN3O3. The van der Waals surface area contributed by atoms with Crippen molar-refractivity contribution < 1.29 is 9.72 Å². The van der Waals surface area contributed by atoms with E-state index in [0.717, 1.165) is 6.07 Å². The molecule has 0 atom stereocenters. The van der Waals surface area contributed by atoms with Crippen LogP contribution < -0.4 is 5.73 Å². The number of alkyl halides is 1. The molecule has 82 valence electrons. The number of carbonyl (C=O) groups excluding carboxylic acids is 1. The topological polar surface area (TPSA) is 110 Å². The highest BCUT2D eigenvalue weighted by molar-refractivity contribution is 6.31. The fourth-order valence-corrected chi connectivity index (χ4v) is 1.37. The van der Waals surface area contributed by atoms with Crippen LogP contribution >= 0.6 is 11.6 Å². The number of nitrogens with two attached hydrogens (primary N) is 1. The molecule has 6 nitrogen and oxygen atoms in total. The highest BCUT2D eigenvalue weighted by Crippen LogP contribution is 2.26. The second kappa shape index (κ2) is 4.59. The molecule has 0 aliphatic heterocycles. The van der Waals surface area contributed by atoms with Crippen LogP contribution in [0, 0.1) is 21.4 Å². The summed E-state index contributed by atoms with van der Waals surface area (Å²) in [7, 11) is 0. The van der Waals surface area contributed by atoms with Gasteiger partial charge in [0.15, 0.2) is 5.78 Å². The normalized spacial score (nSPS) is 9.50. The van der Waals surface area contributed by atoms with Crippen molar-refractivity contribution in [1.29, 1.82) is 5.26 Å². The lowest BCUT2D eigenvalue weighted by Gasteiger charge is -2.03. The van der Waals surface area contributed by atoms with E-state index in [4.69, 9.17) is 22.6 Å². The van der Waals surface area contributed by atoms with Crippen LogP contribution in [0.4, 0.5) is 11.4 Å². The monoisotopic (exact) mass is 239 g/mol. The quantitative estimate of drug-likeness (QED) is 0.282. The van der Waals surface area contributed by atoms with Gasteiger partial charge in [-0.15, -0.1) is 11.6 Å². The number of hydrogen-bond donors (Lipinski definition) is 1. The van der Waals surface area contributed by atoms with Crippen molar-refractivity contribution in [1.82, 2.24) is 0 Å². The minimum absolute atomic E-state index is 0.0503. The predicted molar refractivity (Wildman–Crippen MR) is 57.3 cm³/mol. The Labute approximate surface area is 95.4 Å². The molecule has 0 radical (unpaired) electrons. The number of carbonyl (C=O) groups is 1. The van der Waals surface area contributed by atoms with Crippen LogP contribution in [0.25, 0.3) is 0 Å². The Bertz CT molecular complexity index is 507.